The maximum Gasteiger partial charge on any atom is 0.264 e. The lowest BCUT2D eigenvalue weighted by atomic mass is 10.1. The van der Waals surface area contributed by atoms with Gasteiger partial charge in [0.1, 0.15) is 5.75 Å². The molecular formula is C16H14N2O3. The number of anilines is 1. The Kier molecular flexibility index (Phi) is 3.31. The number of benzene rings is 2. The molecule has 1 heterocycles. The van der Waals surface area contributed by atoms with Crippen LogP contribution in [0, 0.1) is 0 Å². The molecular weight excluding hydrogens is 268 g/mol. The predicted molar refractivity (Wildman–Crippen MR) is 78.4 cm³/mol. The van der Waals surface area contributed by atoms with Gasteiger partial charge >= 0.3 is 0 Å². The van der Waals surface area contributed by atoms with E-state index in [1.54, 1.807) is 36.4 Å². The van der Waals surface area contributed by atoms with Gasteiger partial charge in [-0.3, -0.25) is 9.59 Å². The summed E-state index contributed by atoms with van der Waals surface area (Å²) in [6.07, 6.45) is 0. The van der Waals surface area contributed by atoms with E-state index >= 15 is 0 Å². The molecule has 2 aromatic carbocycles. The third-order valence-corrected chi connectivity index (χ3v) is 3.38. The fraction of sp³-hybridized carbons (Fsp3) is 0.125. The molecule has 0 spiro atoms. The van der Waals surface area contributed by atoms with Crippen molar-refractivity contribution in [1.29, 1.82) is 0 Å². The average Bonchev–Trinajstić information content (AvgIpc) is 2.78. The fourth-order valence-electron chi connectivity index (χ4n) is 2.21. The maximum atomic E-state index is 12.1. The molecule has 21 heavy (non-hydrogen) atoms. The van der Waals surface area contributed by atoms with Gasteiger partial charge in [-0.05, 0) is 36.4 Å². The second-order valence-corrected chi connectivity index (χ2v) is 4.63. The van der Waals surface area contributed by atoms with E-state index in [2.05, 4.69) is 5.32 Å². The van der Waals surface area contributed by atoms with Gasteiger partial charge < -0.3 is 10.1 Å². The van der Waals surface area contributed by atoms with Crippen LogP contribution in [0.3, 0.4) is 0 Å². The first-order valence-corrected chi connectivity index (χ1v) is 6.56. The molecule has 3 rings (SSSR count). The van der Waals surface area contributed by atoms with Gasteiger partial charge in [0.2, 0.25) is 0 Å². The van der Waals surface area contributed by atoms with Crippen LogP contribution in [0.4, 0.5) is 5.69 Å². The molecule has 0 unspecified atom stereocenters. The Morgan fingerprint density at radius 1 is 0.952 bits per heavy atom. The molecule has 1 aliphatic rings. The number of hydrogen-bond acceptors (Lipinski definition) is 4. The van der Waals surface area contributed by atoms with E-state index in [1.807, 2.05) is 19.2 Å². The molecule has 2 aromatic rings. The molecule has 0 bridgehead atoms. The third kappa shape index (κ3) is 2.33. The van der Waals surface area contributed by atoms with Crippen LogP contribution in [0.2, 0.25) is 0 Å². The Bertz CT molecular complexity index is 660. The second-order valence-electron chi connectivity index (χ2n) is 4.63. The molecule has 0 radical (unpaired) electrons. The van der Waals surface area contributed by atoms with Crippen molar-refractivity contribution in [2.75, 3.05) is 19.1 Å². The number of carbonyl (C=O) groups is 2. The molecule has 0 aliphatic carbocycles. The fourth-order valence-corrected chi connectivity index (χ4v) is 2.21. The first-order chi connectivity index (χ1) is 10.2. The molecule has 0 saturated carbocycles. The standard InChI is InChI=1S/C16H14N2O3/c1-17-11-6-8-12(9-7-11)21-10-18-15(19)13-4-2-3-5-14(13)16(18)20/h2-9,17H,10H2,1H3. The first-order valence-electron chi connectivity index (χ1n) is 6.56. The smallest absolute Gasteiger partial charge is 0.264 e. The minimum Gasteiger partial charge on any atom is -0.473 e. The van der Waals surface area contributed by atoms with E-state index in [0.29, 0.717) is 16.9 Å². The summed E-state index contributed by atoms with van der Waals surface area (Å²) in [6, 6.07) is 14.1. The van der Waals surface area contributed by atoms with Gasteiger partial charge in [0.15, 0.2) is 6.73 Å². The zero-order valence-electron chi connectivity index (χ0n) is 11.5. The molecule has 0 aromatic heterocycles. The van der Waals surface area contributed by atoms with E-state index in [0.717, 1.165) is 10.6 Å². The van der Waals surface area contributed by atoms with Crippen LogP contribution in [-0.2, 0) is 0 Å². The minimum absolute atomic E-state index is 0.0920. The quantitative estimate of drug-likeness (QED) is 0.875. The number of rotatable bonds is 4. The van der Waals surface area contributed by atoms with Gasteiger partial charge in [0.05, 0.1) is 11.1 Å². The SMILES string of the molecule is CNc1ccc(OCN2C(=O)c3ccccc3C2=O)cc1. The van der Waals surface area contributed by atoms with E-state index in [1.165, 1.54) is 0 Å². The molecule has 2 amide bonds. The molecule has 5 heteroatoms. The van der Waals surface area contributed by atoms with Crippen molar-refractivity contribution in [2.24, 2.45) is 0 Å². The van der Waals surface area contributed by atoms with Gasteiger partial charge in [-0.15, -0.1) is 0 Å². The number of fused-ring (bicyclic) bond motifs is 1. The van der Waals surface area contributed by atoms with Gasteiger partial charge in [0, 0.05) is 12.7 Å². The molecule has 0 fully saturated rings. The number of nitrogens with one attached hydrogen (secondary N) is 1. The van der Waals surface area contributed by atoms with Crippen molar-refractivity contribution in [2.45, 2.75) is 0 Å². The molecule has 5 nitrogen and oxygen atoms in total. The normalized spacial score (nSPS) is 13.3. The van der Waals surface area contributed by atoms with E-state index in [9.17, 15) is 9.59 Å². The number of ether oxygens (including phenoxy) is 1. The second kappa shape index (κ2) is 5.28. The van der Waals surface area contributed by atoms with E-state index in [4.69, 9.17) is 4.74 Å². The summed E-state index contributed by atoms with van der Waals surface area (Å²) >= 11 is 0. The highest BCUT2D eigenvalue weighted by Gasteiger charge is 2.35. The Morgan fingerprint density at radius 2 is 1.52 bits per heavy atom. The van der Waals surface area contributed by atoms with Crippen LogP contribution in [0.1, 0.15) is 20.7 Å². The van der Waals surface area contributed by atoms with Crippen LogP contribution < -0.4 is 10.1 Å². The van der Waals surface area contributed by atoms with Crippen LogP contribution in [-0.4, -0.2) is 30.5 Å². The number of hydrogen-bond donors (Lipinski definition) is 1. The average molecular weight is 282 g/mol. The summed E-state index contributed by atoms with van der Waals surface area (Å²) in [7, 11) is 1.83. The summed E-state index contributed by atoms with van der Waals surface area (Å²) in [5, 5.41) is 3.00. The van der Waals surface area contributed by atoms with E-state index in [-0.39, 0.29) is 18.5 Å². The lowest BCUT2D eigenvalue weighted by molar-refractivity contribution is 0.0522. The summed E-state index contributed by atoms with van der Waals surface area (Å²) in [5.74, 6) is -0.0320. The number of nitrogens with zero attached hydrogens (tertiary/aromatic N) is 1. The predicted octanol–water partition coefficient (Wildman–Crippen LogP) is 2.36. The van der Waals surface area contributed by atoms with Crippen LogP contribution in [0.25, 0.3) is 0 Å². The number of amides is 2. The van der Waals surface area contributed by atoms with Gasteiger partial charge in [-0.25, -0.2) is 4.90 Å². The number of imide groups is 1. The van der Waals surface area contributed by atoms with Crippen molar-refractivity contribution in [1.82, 2.24) is 4.90 Å². The summed E-state index contributed by atoms with van der Waals surface area (Å²) < 4.78 is 5.52. The zero-order chi connectivity index (χ0) is 14.8. The lowest BCUT2D eigenvalue weighted by Crippen LogP contribution is -2.33. The van der Waals surface area contributed by atoms with E-state index < -0.39 is 0 Å². The highest BCUT2D eigenvalue weighted by molar-refractivity contribution is 6.21. The van der Waals surface area contributed by atoms with Crippen molar-refractivity contribution >= 4 is 17.5 Å². The highest BCUT2D eigenvalue weighted by Crippen LogP contribution is 2.23. The zero-order valence-corrected chi connectivity index (χ0v) is 11.5. The molecule has 0 atom stereocenters. The van der Waals surface area contributed by atoms with Crippen molar-refractivity contribution in [3.8, 4) is 5.75 Å². The first kappa shape index (κ1) is 13.2. The van der Waals surface area contributed by atoms with Gasteiger partial charge in [-0.2, -0.15) is 0 Å². The van der Waals surface area contributed by atoms with Crippen molar-refractivity contribution in [3.05, 3.63) is 59.7 Å². The third-order valence-electron chi connectivity index (χ3n) is 3.38. The molecule has 1 aliphatic heterocycles. The van der Waals surface area contributed by atoms with Gasteiger partial charge in [-0.1, -0.05) is 12.1 Å². The maximum absolute atomic E-state index is 12.1. The van der Waals surface area contributed by atoms with Crippen molar-refractivity contribution < 1.29 is 14.3 Å². The Hall–Kier alpha value is -2.82. The topological polar surface area (TPSA) is 58.6 Å². The molecule has 106 valence electrons. The monoisotopic (exact) mass is 282 g/mol. The summed E-state index contributed by atoms with van der Waals surface area (Å²) in [4.78, 5) is 25.4. The molecule has 1 N–H and O–H groups in total. The summed E-state index contributed by atoms with van der Waals surface area (Å²) in [6.45, 7) is -0.0920. The minimum atomic E-state index is -0.317. The van der Waals surface area contributed by atoms with Crippen LogP contribution >= 0.6 is 0 Å². The Balaban J connectivity index is 1.72. The molecule has 0 saturated heterocycles. The van der Waals surface area contributed by atoms with Gasteiger partial charge in [0.25, 0.3) is 11.8 Å². The van der Waals surface area contributed by atoms with Crippen molar-refractivity contribution in [3.63, 3.8) is 0 Å². The Morgan fingerprint density at radius 3 is 2.05 bits per heavy atom. The summed E-state index contributed by atoms with van der Waals surface area (Å²) in [5.41, 5.74) is 1.82. The van der Waals surface area contributed by atoms with Crippen LogP contribution in [0.5, 0.6) is 5.75 Å². The highest BCUT2D eigenvalue weighted by atomic mass is 16.5. The lowest BCUT2D eigenvalue weighted by Gasteiger charge is -2.15. The largest absolute Gasteiger partial charge is 0.473 e. The Labute approximate surface area is 122 Å². The van der Waals surface area contributed by atoms with Crippen LogP contribution in [0.15, 0.2) is 48.5 Å². The number of carbonyl (C=O) groups excluding carboxylic acids is 2.